The number of likely N-dealkylation sites (tertiary alicyclic amines) is 1. The highest BCUT2D eigenvalue weighted by Gasteiger charge is 2.25. The zero-order valence-corrected chi connectivity index (χ0v) is 38.7. The van der Waals surface area contributed by atoms with Gasteiger partial charge in [-0.15, -0.1) is 0 Å². The number of aromatic nitrogens is 1. The predicted octanol–water partition coefficient (Wildman–Crippen LogP) is 9.10. The summed E-state index contributed by atoms with van der Waals surface area (Å²) in [6.45, 7) is 9.47. The van der Waals surface area contributed by atoms with Crippen molar-refractivity contribution >= 4 is 57.7 Å². The molecule has 1 aliphatic heterocycles. The molecule has 13 heteroatoms. The minimum absolute atomic E-state index is 0.108. The van der Waals surface area contributed by atoms with Gasteiger partial charge in [-0.3, -0.25) is 9.78 Å². The van der Waals surface area contributed by atoms with E-state index in [0.29, 0.717) is 12.4 Å². The Hall–Kier alpha value is -3.59. The number of nitrogens with one attached hydrogen (secondary N) is 3. The van der Waals surface area contributed by atoms with E-state index in [4.69, 9.17) is 4.74 Å². The third kappa shape index (κ3) is 17.8. The molecule has 1 unspecified atom stereocenters. The van der Waals surface area contributed by atoms with E-state index in [9.17, 15) is 9.00 Å². The minimum atomic E-state index is -1.10. The summed E-state index contributed by atoms with van der Waals surface area (Å²) in [6, 6.07) is 30.6. The molecule has 2 heterocycles. The molecule has 326 valence electrons. The van der Waals surface area contributed by atoms with Crippen LogP contribution in [0.15, 0.2) is 91.0 Å². The van der Waals surface area contributed by atoms with Gasteiger partial charge in [0, 0.05) is 77.2 Å². The molecule has 1 atom stereocenters. The van der Waals surface area contributed by atoms with E-state index in [-0.39, 0.29) is 11.7 Å². The Labute approximate surface area is 371 Å². The Kier molecular flexibility index (Phi) is 21.1. The largest absolute Gasteiger partial charge is 0.492 e. The van der Waals surface area contributed by atoms with Crippen molar-refractivity contribution in [3.8, 4) is 5.75 Å². The maximum atomic E-state index is 13.2. The molecule has 0 amide bonds. The molecule has 4 aromatic rings. The van der Waals surface area contributed by atoms with Crippen LogP contribution in [0.3, 0.4) is 0 Å². The van der Waals surface area contributed by atoms with E-state index in [0.717, 1.165) is 143 Å². The lowest BCUT2D eigenvalue weighted by Gasteiger charge is -2.31. The van der Waals surface area contributed by atoms with Crippen molar-refractivity contribution in [2.24, 2.45) is 5.92 Å². The van der Waals surface area contributed by atoms with Crippen molar-refractivity contribution in [1.82, 2.24) is 19.7 Å². The molecule has 1 aliphatic rings. The second-order valence-corrected chi connectivity index (χ2v) is 18.6. The number of benzene rings is 3. The maximum absolute atomic E-state index is 13.2. The van der Waals surface area contributed by atoms with Gasteiger partial charge in [-0.25, -0.2) is 4.21 Å². The summed E-state index contributed by atoms with van der Waals surface area (Å²) >= 11 is 3.29. The van der Waals surface area contributed by atoms with Gasteiger partial charge in [-0.1, -0.05) is 42.1 Å². The predicted molar refractivity (Wildman–Crippen MR) is 258 cm³/mol. The molecule has 0 saturated carbocycles. The van der Waals surface area contributed by atoms with Crippen LogP contribution in [0.5, 0.6) is 5.75 Å². The second-order valence-electron chi connectivity index (χ2n) is 15.8. The van der Waals surface area contributed by atoms with Gasteiger partial charge >= 0.3 is 0 Å². The molecular formula is C47H67N7O3S3. The monoisotopic (exact) mass is 873 g/mol. The number of aryl methyl sites for hydroxylation is 2. The second kappa shape index (κ2) is 26.7. The van der Waals surface area contributed by atoms with Crippen LogP contribution in [0.4, 0.5) is 17.1 Å². The first-order chi connectivity index (χ1) is 29.2. The highest BCUT2D eigenvalue weighted by molar-refractivity contribution is 8.00. The van der Waals surface area contributed by atoms with Crippen molar-refractivity contribution in [3.63, 3.8) is 0 Å². The molecule has 10 nitrogen and oxygen atoms in total. The Morgan fingerprint density at radius 1 is 0.800 bits per heavy atom. The fraction of sp³-hybridized carbons (Fsp3) is 0.489. The molecular weight excluding hydrogens is 807 g/mol. The molecule has 1 saturated heterocycles. The first-order valence-corrected chi connectivity index (χ1v) is 25.1. The smallest absolute Gasteiger partial charge is 0.166 e. The lowest BCUT2D eigenvalue weighted by Crippen LogP contribution is -2.37. The first-order valence-electron chi connectivity index (χ1n) is 21.5. The van der Waals surface area contributed by atoms with Crippen molar-refractivity contribution in [2.75, 3.05) is 98.4 Å². The van der Waals surface area contributed by atoms with Gasteiger partial charge in [0.25, 0.3) is 0 Å². The fourth-order valence-electron chi connectivity index (χ4n) is 7.28. The summed E-state index contributed by atoms with van der Waals surface area (Å²) in [5.41, 5.74) is 7.33. The number of rotatable bonds is 28. The molecule has 0 bridgehead atoms. The molecule has 3 N–H and O–H groups in total. The molecule has 0 radical (unpaired) electrons. The number of Topliss-reactive ketones (excluding diaryl/α,β-unsaturated/α-hetero) is 1. The number of carbonyl (C=O) groups is 1. The van der Waals surface area contributed by atoms with E-state index >= 15 is 0 Å². The highest BCUT2D eigenvalue weighted by atomic mass is 32.2. The fourth-order valence-corrected chi connectivity index (χ4v) is 9.30. The lowest BCUT2D eigenvalue weighted by atomic mass is 9.89. The van der Waals surface area contributed by atoms with Crippen LogP contribution in [-0.4, -0.2) is 114 Å². The topological polar surface area (TPSA) is 102 Å². The first kappa shape index (κ1) is 47.5. The number of piperidine rings is 1. The number of anilines is 3. The average molecular weight is 874 g/mol. The van der Waals surface area contributed by atoms with E-state index in [1.165, 1.54) is 5.56 Å². The van der Waals surface area contributed by atoms with Crippen LogP contribution in [0, 0.1) is 12.8 Å². The molecule has 1 fully saturated rings. The van der Waals surface area contributed by atoms with Gasteiger partial charge in [0.1, 0.15) is 23.3 Å². The minimum Gasteiger partial charge on any atom is -0.492 e. The number of hydrogen-bond donors (Lipinski definition) is 3. The number of ether oxygens (including phenoxy) is 1. The van der Waals surface area contributed by atoms with Crippen molar-refractivity contribution in [3.05, 3.63) is 114 Å². The van der Waals surface area contributed by atoms with Gasteiger partial charge in [-0.2, -0.15) is 0 Å². The number of carbonyl (C=O) groups excluding carboxylic acids is 1. The van der Waals surface area contributed by atoms with Crippen molar-refractivity contribution in [1.29, 1.82) is 0 Å². The van der Waals surface area contributed by atoms with Gasteiger partial charge < -0.3 is 33.6 Å². The van der Waals surface area contributed by atoms with Crippen LogP contribution in [-0.2, 0) is 23.8 Å². The van der Waals surface area contributed by atoms with Gasteiger partial charge in [0.05, 0.1) is 0 Å². The van der Waals surface area contributed by atoms with Gasteiger partial charge in [-0.05, 0) is 177 Å². The SMILES string of the molecule is CSNc1ccc(OCCN(C)CCCc2ccc(NS(=O)CCCN(C)CCCCSNc3ccc(C(=O)C4CCN(CCc5cccc(C)n5)CC4)cc3)cc2)cc1. The summed E-state index contributed by atoms with van der Waals surface area (Å²) < 4.78 is 28.5. The third-order valence-corrected chi connectivity index (χ3v) is 13.3. The average Bonchev–Trinajstić information content (AvgIpc) is 3.25. The van der Waals surface area contributed by atoms with Crippen molar-refractivity contribution < 1.29 is 13.7 Å². The Morgan fingerprint density at radius 3 is 2.20 bits per heavy atom. The molecule has 5 rings (SSSR count). The summed E-state index contributed by atoms with van der Waals surface area (Å²) in [5.74, 6) is 2.91. The zero-order valence-electron chi connectivity index (χ0n) is 36.2. The maximum Gasteiger partial charge on any atom is 0.166 e. The van der Waals surface area contributed by atoms with Crippen LogP contribution in [0.1, 0.15) is 65.8 Å². The molecule has 0 spiro atoms. The van der Waals surface area contributed by atoms with E-state index in [1.54, 1.807) is 23.9 Å². The summed E-state index contributed by atoms with van der Waals surface area (Å²) in [6.07, 6.45) is 9.99. The Morgan fingerprint density at radius 2 is 1.47 bits per heavy atom. The summed E-state index contributed by atoms with van der Waals surface area (Å²) in [4.78, 5) is 25.0. The number of ketones is 1. The van der Waals surface area contributed by atoms with Gasteiger partial charge in [0.15, 0.2) is 5.78 Å². The number of unbranched alkanes of at least 4 members (excludes halogenated alkanes) is 1. The van der Waals surface area contributed by atoms with Crippen molar-refractivity contribution in [2.45, 2.75) is 58.3 Å². The molecule has 1 aromatic heterocycles. The lowest BCUT2D eigenvalue weighted by molar-refractivity contribution is 0.0841. The van der Waals surface area contributed by atoms with E-state index < -0.39 is 11.0 Å². The molecule has 0 aliphatic carbocycles. The number of hydrogen-bond acceptors (Lipinski definition) is 11. The van der Waals surface area contributed by atoms with Crippen LogP contribution in [0.25, 0.3) is 0 Å². The van der Waals surface area contributed by atoms with Crippen LogP contribution in [0.2, 0.25) is 0 Å². The third-order valence-electron chi connectivity index (χ3n) is 10.9. The van der Waals surface area contributed by atoms with Crippen LogP contribution >= 0.6 is 23.9 Å². The standard InChI is InChI=1S/C47H67N7O3S3/c1-38-10-7-12-42(48-38)27-33-54-31-25-41(26-32-54)47(55)40-15-19-44(20-16-40)50-59-36-6-5-28-52(2)30-9-37-60(56)51-45-17-13-39(14-18-45)11-8-29-53(3)34-35-57-46-23-21-43(22-24-46)49-58-4/h7,10,12-24,41,49-51H,5-6,8-9,11,25-37H2,1-4H3. The number of pyridine rings is 1. The summed E-state index contributed by atoms with van der Waals surface area (Å²) in [5, 5.41) is 0. The Balaban J connectivity index is 0.839. The van der Waals surface area contributed by atoms with Gasteiger partial charge in [0.2, 0.25) is 0 Å². The number of nitrogens with zero attached hydrogens (tertiary/aromatic N) is 4. The molecule has 3 aromatic carbocycles. The van der Waals surface area contributed by atoms with E-state index in [1.807, 2.05) is 79.9 Å². The van der Waals surface area contributed by atoms with E-state index in [2.05, 4.69) is 72.2 Å². The zero-order chi connectivity index (χ0) is 42.4. The highest BCUT2D eigenvalue weighted by Crippen LogP contribution is 2.24. The quantitative estimate of drug-likeness (QED) is 0.0290. The Bertz CT molecular complexity index is 1840. The molecule has 60 heavy (non-hydrogen) atoms. The number of likely N-dealkylation sites (N-methyl/N-ethyl adjacent to an activating group) is 1. The summed E-state index contributed by atoms with van der Waals surface area (Å²) in [7, 11) is 3.18. The van der Waals surface area contributed by atoms with Crippen LogP contribution < -0.4 is 18.9 Å². The normalized spacial score (nSPS) is 14.0.